The Kier molecular flexibility index (Phi) is 8.00. The molecule has 1 amide bonds. The molecule has 0 spiro atoms. The molecule has 0 bridgehead atoms. The van der Waals surface area contributed by atoms with Gasteiger partial charge in [-0.15, -0.1) is 0 Å². The van der Waals surface area contributed by atoms with Crippen LogP contribution in [0.2, 0.25) is 0 Å². The number of benzene rings is 2. The van der Waals surface area contributed by atoms with E-state index in [1.807, 2.05) is 0 Å². The van der Waals surface area contributed by atoms with Crippen molar-refractivity contribution in [3.8, 4) is 11.5 Å². The van der Waals surface area contributed by atoms with Gasteiger partial charge in [0, 0.05) is 6.54 Å². The maximum absolute atomic E-state index is 12.5. The van der Waals surface area contributed by atoms with Crippen LogP contribution in [0.4, 0.5) is 14.5 Å². The van der Waals surface area contributed by atoms with Crippen molar-refractivity contribution in [1.29, 1.82) is 0 Å². The predicted molar refractivity (Wildman–Crippen MR) is 101 cm³/mol. The van der Waals surface area contributed by atoms with Crippen molar-refractivity contribution in [2.24, 2.45) is 0 Å². The number of rotatable bonds is 10. The van der Waals surface area contributed by atoms with E-state index in [1.165, 1.54) is 18.2 Å². The molecule has 1 N–H and O–H groups in total. The molecule has 0 aliphatic rings. The number of amides is 1. The van der Waals surface area contributed by atoms with Crippen molar-refractivity contribution in [1.82, 2.24) is 4.90 Å². The number of hydrogen-bond acceptors (Lipinski definition) is 4. The number of carbonyl (C=O) groups is 1. The lowest BCUT2D eigenvalue weighted by Crippen LogP contribution is -2.28. The van der Waals surface area contributed by atoms with Gasteiger partial charge in [0.1, 0.15) is 18.1 Å². The highest BCUT2D eigenvalue weighted by Gasteiger charge is 2.16. The van der Waals surface area contributed by atoms with Crippen molar-refractivity contribution in [2.75, 3.05) is 31.6 Å². The van der Waals surface area contributed by atoms with E-state index in [0.717, 1.165) is 19.6 Å². The number of nitrogens with one attached hydrogen (secondary N) is 1. The maximum Gasteiger partial charge on any atom is 0.387 e. The zero-order valence-electron chi connectivity index (χ0n) is 15.5. The van der Waals surface area contributed by atoms with E-state index in [1.54, 1.807) is 30.3 Å². The van der Waals surface area contributed by atoms with Gasteiger partial charge in [0.2, 0.25) is 0 Å². The molecule has 0 saturated carbocycles. The van der Waals surface area contributed by atoms with Crippen LogP contribution >= 0.6 is 0 Å². The topological polar surface area (TPSA) is 50.8 Å². The fourth-order valence-electron chi connectivity index (χ4n) is 2.56. The fraction of sp³-hybridized carbons (Fsp3) is 0.350. The van der Waals surface area contributed by atoms with Crippen LogP contribution in [0.25, 0.3) is 0 Å². The van der Waals surface area contributed by atoms with Gasteiger partial charge in [-0.1, -0.05) is 38.1 Å². The summed E-state index contributed by atoms with van der Waals surface area (Å²) in [5.41, 5.74) is 0.490. The second-order valence-electron chi connectivity index (χ2n) is 5.70. The van der Waals surface area contributed by atoms with Crippen LogP contribution in [0.1, 0.15) is 24.2 Å². The van der Waals surface area contributed by atoms with Gasteiger partial charge in [0.05, 0.1) is 11.3 Å². The molecule has 5 nitrogen and oxygen atoms in total. The molecular weight excluding hydrogens is 354 g/mol. The Morgan fingerprint density at radius 3 is 2.33 bits per heavy atom. The third-order valence-electron chi connectivity index (χ3n) is 4.04. The van der Waals surface area contributed by atoms with Crippen LogP contribution in [-0.4, -0.2) is 43.7 Å². The zero-order chi connectivity index (χ0) is 19.6. The van der Waals surface area contributed by atoms with Gasteiger partial charge in [0.15, 0.2) is 0 Å². The largest absolute Gasteiger partial charge is 0.490 e. The number of halogens is 2. The number of hydrogen-bond donors (Lipinski definition) is 1. The van der Waals surface area contributed by atoms with Crippen LogP contribution in [0.5, 0.6) is 11.5 Å². The van der Waals surface area contributed by atoms with Gasteiger partial charge in [-0.3, -0.25) is 4.79 Å². The lowest BCUT2D eigenvalue weighted by Gasteiger charge is -2.19. The molecule has 27 heavy (non-hydrogen) atoms. The predicted octanol–water partition coefficient (Wildman–Crippen LogP) is 4.26. The first-order chi connectivity index (χ1) is 13.0. The van der Waals surface area contributed by atoms with Crippen molar-refractivity contribution >= 4 is 11.6 Å². The molecule has 0 aliphatic carbocycles. The van der Waals surface area contributed by atoms with Gasteiger partial charge >= 0.3 is 6.61 Å². The van der Waals surface area contributed by atoms with Gasteiger partial charge in [-0.05, 0) is 37.4 Å². The van der Waals surface area contributed by atoms with E-state index in [2.05, 4.69) is 28.8 Å². The summed E-state index contributed by atoms with van der Waals surface area (Å²) in [5, 5.41) is 2.70. The average molecular weight is 378 g/mol. The van der Waals surface area contributed by atoms with Crippen LogP contribution < -0.4 is 14.8 Å². The molecule has 0 atom stereocenters. The van der Waals surface area contributed by atoms with Crippen LogP contribution in [-0.2, 0) is 0 Å². The Labute approximate surface area is 157 Å². The lowest BCUT2D eigenvalue weighted by atomic mass is 10.2. The second-order valence-corrected chi connectivity index (χ2v) is 5.70. The third-order valence-corrected chi connectivity index (χ3v) is 4.04. The van der Waals surface area contributed by atoms with E-state index in [9.17, 15) is 13.6 Å². The molecular formula is C20H24F2N2O3. The molecule has 2 rings (SSSR count). The quantitative estimate of drug-likeness (QED) is 0.671. The summed E-state index contributed by atoms with van der Waals surface area (Å²) in [6.07, 6.45) is 0. The minimum atomic E-state index is -3.00. The van der Waals surface area contributed by atoms with Crippen LogP contribution in [0, 0.1) is 0 Å². The van der Waals surface area contributed by atoms with E-state index >= 15 is 0 Å². The summed E-state index contributed by atoms with van der Waals surface area (Å²) in [6.45, 7) is 4.25. The SMILES string of the molecule is CCN(CC)CCOc1ccccc1NC(=O)c1ccccc1OC(F)F. The summed E-state index contributed by atoms with van der Waals surface area (Å²) in [6, 6.07) is 12.9. The normalized spacial score (nSPS) is 10.9. The first-order valence-corrected chi connectivity index (χ1v) is 8.84. The first kappa shape index (κ1) is 20.6. The number of alkyl halides is 2. The Hall–Kier alpha value is -2.67. The van der Waals surface area contributed by atoms with Gasteiger partial charge in [-0.2, -0.15) is 8.78 Å². The maximum atomic E-state index is 12.5. The molecule has 7 heteroatoms. The molecule has 146 valence electrons. The highest BCUT2D eigenvalue weighted by atomic mass is 19.3. The van der Waals surface area contributed by atoms with Crippen molar-refractivity contribution in [3.05, 3.63) is 54.1 Å². The average Bonchev–Trinajstić information content (AvgIpc) is 2.66. The van der Waals surface area contributed by atoms with E-state index in [4.69, 9.17) is 4.74 Å². The molecule has 0 aliphatic heterocycles. The number of para-hydroxylation sites is 3. The van der Waals surface area contributed by atoms with E-state index < -0.39 is 12.5 Å². The van der Waals surface area contributed by atoms with Crippen molar-refractivity contribution in [2.45, 2.75) is 20.5 Å². The zero-order valence-corrected chi connectivity index (χ0v) is 15.5. The second kappa shape index (κ2) is 10.5. The number of likely N-dealkylation sites (N-methyl/N-ethyl adjacent to an activating group) is 1. The smallest absolute Gasteiger partial charge is 0.387 e. The Morgan fingerprint density at radius 2 is 1.67 bits per heavy atom. The van der Waals surface area contributed by atoms with Crippen LogP contribution in [0.15, 0.2) is 48.5 Å². The number of nitrogens with zero attached hydrogens (tertiary/aromatic N) is 1. The molecule has 0 radical (unpaired) electrons. The highest BCUT2D eigenvalue weighted by Crippen LogP contribution is 2.26. The minimum absolute atomic E-state index is 0.0238. The van der Waals surface area contributed by atoms with Gasteiger partial charge < -0.3 is 19.7 Å². The van der Waals surface area contributed by atoms with E-state index in [0.29, 0.717) is 18.0 Å². The Balaban J connectivity index is 2.08. The highest BCUT2D eigenvalue weighted by molar-refractivity contribution is 6.06. The Bertz CT molecular complexity index is 737. The van der Waals surface area contributed by atoms with Crippen LogP contribution in [0.3, 0.4) is 0 Å². The number of carbonyl (C=O) groups excluding carboxylic acids is 1. The molecule has 2 aromatic rings. The molecule has 0 heterocycles. The summed E-state index contributed by atoms with van der Waals surface area (Å²) >= 11 is 0. The minimum Gasteiger partial charge on any atom is -0.490 e. The van der Waals surface area contributed by atoms with E-state index in [-0.39, 0.29) is 11.3 Å². The number of anilines is 1. The summed E-state index contributed by atoms with van der Waals surface area (Å²) in [4.78, 5) is 14.8. The van der Waals surface area contributed by atoms with Crippen molar-refractivity contribution < 1.29 is 23.0 Å². The lowest BCUT2D eigenvalue weighted by molar-refractivity contribution is -0.0501. The molecule has 0 saturated heterocycles. The molecule has 0 unspecified atom stereocenters. The summed E-state index contributed by atoms with van der Waals surface area (Å²) in [7, 11) is 0. The monoisotopic (exact) mass is 378 g/mol. The molecule has 2 aromatic carbocycles. The standard InChI is InChI=1S/C20H24F2N2O3/c1-3-24(4-2)13-14-26-18-12-8-6-10-16(18)23-19(25)15-9-5-7-11-17(15)27-20(21)22/h5-12,20H,3-4,13-14H2,1-2H3,(H,23,25). The molecule has 0 fully saturated rings. The third kappa shape index (κ3) is 6.21. The van der Waals surface area contributed by atoms with Gasteiger partial charge in [0.25, 0.3) is 5.91 Å². The summed E-state index contributed by atoms with van der Waals surface area (Å²) < 4.78 is 35.3. The summed E-state index contributed by atoms with van der Waals surface area (Å²) in [5.74, 6) is -0.207. The fourth-order valence-corrected chi connectivity index (χ4v) is 2.56. The Morgan fingerprint density at radius 1 is 1.04 bits per heavy atom. The first-order valence-electron chi connectivity index (χ1n) is 8.84. The molecule has 0 aromatic heterocycles. The van der Waals surface area contributed by atoms with Crippen molar-refractivity contribution in [3.63, 3.8) is 0 Å². The number of ether oxygens (including phenoxy) is 2. The van der Waals surface area contributed by atoms with Gasteiger partial charge in [-0.25, -0.2) is 0 Å².